The van der Waals surface area contributed by atoms with Crippen LogP contribution in [0, 0.1) is 5.82 Å². The van der Waals surface area contributed by atoms with Crippen LogP contribution in [0.1, 0.15) is 16.5 Å². The van der Waals surface area contributed by atoms with Crippen LogP contribution in [0.3, 0.4) is 0 Å². The number of benzene rings is 1. The predicted octanol–water partition coefficient (Wildman–Crippen LogP) is 3.01. The van der Waals surface area contributed by atoms with Gasteiger partial charge in [-0.15, -0.1) is 23.7 Å². The molecule has 2 heterocycles. The predicted molar refractivity (Wildman–Crippen MR) is 85.9 cm³/mol. The summed E-state index contributed by atoms with van der Waals surface area (Å²) in [5, 5.41) is 14.7. The van der Waals surface area contributed by atoms with Gasteiger partial charge in [0, 0.05) is 42.7 Å². The van der Waals surface area contributed by atoms with Crippen LogP contribution in [0.25, 0.3) is 0 Å². The summed E-state index contributed by atoms with van der Waals surface area (Å²) in [5.41, 5.74) is 0.632. The molecule has 0 unspecified atom stereocenters. The Morgan fingerprint density at radius 2 is 2.00 bits per heavy atom. The van der Waals surface area contributed by atoms with Crippen molar-refractivity contribution in [2.45, 2.75) is 6.04 Å². The summed E-state index contributed by atoms with van der Waals surface area (Å²) in [7, 11) is 0. The Hall–Kier alpha value is -1.14. The van der Waals surface area contributed by atoms with Gasteiger partial charge in [-0.1, -0.05) is 12.1 Å². The van der Waals surface area contributed by atoms with Crippen LogP contribution < -0.4 is 5.32 Å². The molecule has 1 saturated heterocycles. The standard InChI is InChI=1S/C15H17FN2OS.ClH/c16-13-10-11(19)3-4-12(13)15(14-2-1-9-20-14)18-7-5-17-6-8-18;/h1-4,9-10,15,17,19H,5-8H2;1H/t15-;/m0./s1. The van der Waals surface area contributed by atoms with Gasteiger partial charge in [0.15, 0.2) is 0 Å². The average molecular weight is 329 g/mol. The fourth-order valence-corrected chi connectivity index (χ4v) is 3.53. The maximum absolute atomic E-state index is 14.2. The molecule has 3 rings (SSSR count). The summed E-state index contributed by atoms with van der Waals surface area (Å²) in [4.78, 5) is 3.43. The van der Waals surface area contributed by atoms with Crippen molar-refractivity contribution in [3.05, 3.63) is 52.0 Å². The van der Waals surface area contributed by atoms with Crippen molar-refractivity contribution in [3.63, 3.8) is 0 Å². The van der Waals surface area contributed by atoms with Gasteiger partial charge in [0.05, 0.1) is 6.04 Å². The van der Waals surface area contributed by atoms with Crippen LogP contribution in [0.5, 0.6) is 5.75 Å². The lowest BCUT2D eigenvalue weighted by molar-refractivity contribution is 0.197. The van der Waals surface area contributed by atoms with Crippen LogP contribution >= 0.6 is 23.7 Å². The van der Waals surface area contributed by atoms with E-state index in [1.165, 1.54) is 6.07 Å². The third-order valence-corrected chi connectivity index (χ3v) is 4.53. The number of phenolic OH excluding ortho intramolecular Hbond substituents is 1. The van der Waals surface area contributed by atoms with Gasteiger partial charge in [-0.2, -0.15) is 0 Å². The smallest absolute Gasteiger partial charge is 0.132 e. The molecule has 0 amide bonds. The monoisotopic (exact) mass is 328 g/mol. The molecule has 0 bridgehead atoms. The molecule has 1 aliphatic heterocycles. The molecule has 0 spiro atoms. The third-order valence-electron chi connectivity index (χ3n) is 3.61. The number of piperazine rings is 1. The van der Waals surface area contributed by atoms with E-state index in [0.29, 0.717) is 5.56 Å². The molecule has 0 saturated carbocycles. The van der Waals surface area contributed by atoms with E-state index in [4.69, 9.17) is 0 Å². The SMILES string of the molecule is Cl.Oc1ccc([C@@H](c2cccs2)N2CCNCC2)c(F)c1. The Kier molecular flexibility index (Phi) is 5.58. The molecule has 21 heavy (non-hydrogen) atoms. The molecule has 1 aliphatic rings. The Morgan fingerprint density at radius 3 is 2.62 bits per heavy atom. The molecule has 3 nitrogen and oxygen atoms in total. The first-order chi connectivity index (χ1) is 9.75. The van der Waals surface area contributed by atoms with E-state index in [1.54, 1.807) is 23.5 Å². The molecular formula is C15H18ClFN2OS. The van der Waals surface area contributed by atoms with Gasteiger partial charge in [0.1, 0.15) is 11.6 Å². The third kappa shape index (κ3) is 3.55. The van der Waals surface area contributed by atoms with Crippen molar-refractivity contribution in [3.8, 4) is 5.75 Å². The van der Waals surface area contributed by atoms with E-state index in [0.717, 1.165) is 31.1 Å². The van der Waals surface area contributed by atoms with Gasteiger partial charge in [-0.3, -0.25) is 4.90 Å². The molecule has 6 heteroatoms. The lowest BCUT2D eigenvalue weighted by Crippen LogP contribution is -2.45. The Morgan fingerprint density at radius 1 is 1.24 bits per heavy atom. The van der Waals surface area contributed by atoms with Crippen LogP contribution in [0.4, 0.5) is 4.39 Å². The Labute approximate surface area is 133 Å². The summed E-state index contributed by atoms with van der Waals surface area (Å²) in [6.07, 6.45) is 0. The zero-order valence-electron chi connectivity index (χ0n) is 11.5. The van der Waals surface area contributed by atoms with Crippen molar-refractivity contribution >= 4 is 23.7 Å². The number of hydrogen-bond acceptors (Lipinski definition) is 4. The number of nitrogens with zero attached hydrogens (tertiary/aromatic N) is 1. The molecule has 1 aromatic carbocycles. The Bertz CT molecular complexity index is 573. The molecule has 2 aromatic rings. The number of halogens is 2. The highest BCUT2D eigenvalue weighted by Crippen LogP contribution is 2.34. The molecule has 1 fully saturated rings. The number of aromatic hydroxyl groups is 1. The van der Waals surface area contributed by atoms with E-state index >= 15 is 0 Å². The van der Waals surface area contributed by atoms with E-state index < -0.39 is 0 Å². The van der Waals surface area contributed by atoms with Crippen LogP contribution in [0.2, 0.25) is 0 Å². The minimum atomic E-state index is -0.345. The number of phenols is 1. The lowest BCUT2D eigenvalue weighted by Gasteiger charge is -2.34. The molecule has 1 atom stereocenters. The van der Waals surface area contributed by atoms with Crippen molar-refractivity contribution in [2.75, 3.05) is 26.2 Å². The minimum Gasteiger partial charge on any atom is -0.508 e. The second kappa shape index (κ2) is 7.22. The Balaban J connectivity index is 0.00000161. The molecule has 2 N–H and O–H groups in total. The molecule has 1 aromatic heterocycles. The van der Waals surface area contributed by atoms with Crippen LogP contribution in [0.15, 0.2) is 35.7 Å². The van der Waals surface area contributed by atoms with E-state index in [2.05, 4.69) is 10.2 Å². The highest BCUT2D eigenvalue weighted by Gasteiger charge is 2.27. The largest absolute Gasteiger partial charge is 0.508 e. The minimum absolute atomic E-state index is 0. The fraction of sp³-hybridized carbons (Fsp3) is 0.333. The van der Waals surface area contributed by atoms with E-state index in [9.17, 15) is 9.50 Å². The second-order valence-corrected chi connectivity index (χ2v) is 5.89. The zero-order valence-corrected chi connectivity index (χ0v) is 13.1. The number of rotatable bonds is 3. The van der Waals surface area contributed by atoms with E-state index in [-0.39, 0.29) is 30.0 Å². The van der Waals surface area contributed by atoms with Crippen LogP contribution in [-0.4, -0.2) is 36.2 Å². The second-order valence-electron chi connectivity index (χ2n) is 4.91. The molecular weight excluding hydrogens is 311 g/mol. The number of hydrogen-bond donors (Lipinski definition) is 2. The number of thiophene rings is 1. The summed E-state index contributed by atoms with van der Waals surface area (Å²) >= 11 is 1.64. The topological polar surface area (TPSA) is 35.5 Å². The van der Waals surface area contributed by atoms with Crippen molar-refractivity contribution in [1.82, 2.24) is 10.2 Å². The first kappa shape index (κ1) is 16.2. The first-order valence-electron chi connectivity index (χ1n) is 6.72. The highest BCUT2D eigenvalue weighted by molar-refractivity contribution is 7.10. The van der Waals surface area contributed by atoms with Gasteiger partial charge >= 0.3 is 0 Å². The average Bonchev–Trinajstić information content (AvgIpc) is 2.97. The summed E-state index contributed by atoms with van der Waals surface area (Å²) in [5.74, 6) is -0.376. The van der Waals surface area contributed by atoms with Gasteiger partial charge in [0.25, 0.3) is 0 Å². The molecule has 114 valence electrons. The quantitative estimate of drug-likeness (QED) is 0.909. The zero-order chi connectivity index (χ0) is 13.9. The molecule has 0 aliphatic carbocycles. The van der Waals surface area contributed by atoms with Crippen molar-refractivity contribution in [1.29, 1.82) is 0 Å². The summed E-state index contributed by atoms with van der Waals surface area (Å²) < 4.78 is 14.2. The van der Waals surface area contributed by atoms with Crippen molar-refractivity contribution in [2.24, 2.45) is 0 Å². The van der Waals surface area contributed by atoms with Gasteiger partial charge in [-0.05, 0) is 17.5 Å². The van der Waals surface area contributed by atoms with Gasteiger partial charge < -0.3 is 10.4 Å². The molecule has 0 radical (unpaired) electrons. The normalized spacial score (nSPS) is 17.2. The van der Waals surface area contributed by atoms with Gasteiger partial charge in [0.2, 0.25) is 0 Å². The van der Waals surface area contributed by atoms with Crippen molar-refractivity contribution < 1.29 is 9.50 Å². The maximum atomic E-state index is 14.2. The fourth-order valence-electron chi connectivity index (χ4n) is 2.65. The number of nitrogens with one attached hydrogen (secondary N) is 1. The highest BCUT2D eigenvalue weighted by atomic mass is 35.5. The summed E-state index contributed by atoms with van der Waals surface area (Å²) in [6, 6.07) is 8.41. The van der Waals surface area contributed by atoms with Crippen LogP contribution in [-0.2, 0) is 0 Å². The summed E-state index contributed by atoms with van der Waals surface area (Å²) in [6.45, 7) is 3.62. The first-order valence-corrected chi connectivity index (χ1v) is 7.60. The maximum Gasteiger partial charge on any atom is 0.132 e. The van der Waals surface area contributed by atoms with E-state index in [1.807, 2.05) is 17.5 Å². The lowest BCUT2D eigenvalue weighted by atomic mass is 10.0. The van der Waals surface area contributed by atoms with Gasteiger partial charge in [-0.25, -0.2) is 4.39 Å².